The summed E-state index contributed by atoms with van der Waals surface area (Å²) in [7, 11) is 0. The van der Waals surface area contributed by atoms with Crippen LogP contribution in [-0.2, 0) is 4.79 Å². The molecule has 1 aliphatic heterocycles. The molecule has 0 aliphatic carbocycles. The topological polar surface area (TPSA) is 69.6 Å². The third-order valence-electron chi connectivity index (χ3n) is 2.80. The molecule has 0 aromatic rings. The van der Waals surface area contributed by atoms with E-state index < -0.39 is 5.97 Å². The molecule has 0 radical (unpaired) electrons. The Labute approximate surface area is 95.8 Å². The summed E-state index contributed by atoms with van der Waals surface area (Å²) in [5.41, 5.74) is 0. The number of amides is 2. The standard InChI is InChI=1S/C11H20N2O3/c1-9(5-6-10(14)15)12-11(16)13-7-3-2-4-8-13/h9H,2-8H2,1H3,(H,12,16)(H,14,15). The minimum absolute atomic E-state index is 0.0578. The average molecular weight is 228 g/mol. The van der Waals surface area contributed by atoms with E-state index in [-0.39, 0.29) is 18.5 Å². The first kappa shape index (κ1) is 12.8. The summed E-state index contributed by atoms with van der Waals surface area (Å²) in [5, 5.41) is 11.4. The zero-order valence-corrected chi connectivity index (χ0v) is 9.74. The van der Waals surface area contributed by atoms with Crippen LogP contribution in [0.2, 0.25) is 0 Å². The maximum Gasteiger partial charge on any atom is 0.317 e. The Morgan fingerprint density at radius 1 is 1.31 bits per heavy atom. The van der Waals surface area contributed by atoms with E-state index in [1.165, 1.54) is 6.42 Å². The molecule has 5 heteroatoms. The van der Waals surface area contributed by atoms with Crippen LogP contribution in [0.3, 0.4) is 0 Å². The molecule has 1 aliphatic rings. The minimum atomic E-state index is -0.820. The van der Waals surface area contributed by atoms with Crippen molar-refractivity contribution in [1.82, 2.24) is 10.2 Å². The lowest BCUT2D eigenvalue weighted by Crippen LogP contribution is -2.46. The lowest BCUT2D eigenvalue weighted by Gasteiger charge is -2.28. The molecule has 1 atom stereocenters. The quantitative estimate of drug-likeness (QED) is 0.764. The molecule has 0 bridgehead atoms. The fourth-order valence-electron chi connectivity index (χ4n) is 1.81. The number of carbonyl (C=O) groups excluding carboxylic acids is 1. The predicted octanol–water partition coefficient (Wildman–Crippen LogP) is 1.44. The minimum Gasteiger partial charge on any atom is -0.481 e. The number of hydrogen-bond acceptors (Lipinski definition) is 2. The van der Waals surface area contributed by atoms with Crippen LogP contribution in [0.1, 0.15) is 39.0 Å². The van der Waals surface area contributed by atoms with Crippen LogP contribution in [-0.4, -0.2) is 41.1 Å². The van der Waals surface area contributed by atoms with Crippen molar-refractivity contribution in [3.05, 3.63) is 0 Å². The van der Waals surface area contributed by atoms with Gasteiger partial charge in [0, 0.05) is 25.6 Å². The van der Waals surface area contributed by atoms with E-state index in [4.69, 9.17) is 5.11 Å². The number of piperidine rings is 1. The molecule has 0 aromatic heterocycles. The van der Waals surface area contributed by atoms with Crippen LogP contribution in [0.15, 0.2) is 0 Å². The van der Waals surface area contributed by atoms with E-state index in [1.807, 2.05) is 6.92 Å². The monoisotopic (exact) mass is 228 g/mol. The highest BCUT2D eigenvalue weighted by molar-refractivity contribution is 5.74. The van der Waals surface area contributed by atoms with Gasteiger partial charge in [-0.3, -0.25) is 4.79 Å². The van der Waals surface area contributed by atoms with Crippen molar-refractivity contribution in [2.75, 3.05) is 13.1 Å². The fraction of sp³-hybridized carbons (Fsp3) is 0.818. The summed E-state index contributed by atoms with van der Waals surface area (Å²) in [5.74, 6) is -0.820. The first-order chi connectivity index (χ1) is 7.59. The van der Waals surface area contributed by atoms with Gasteiger partial charge in [-0.25, -0.2) is 4.79 Å². The summed E-state index contributed by atoms with van der Waals surface area (Å²) >= 11 is 0. The van der Waals surface area contributed by atoms with Gasteiger partial charge in [0.15, 0.2) is 0 Å². The number of carboxylic acid groups (broad SMARTS) is 1. The molecule has 0 aromatic carbocycles. The highest BCUT2D eigenvalue weighted by Gasteiger charge is 2.17. The molecule has 5 nitrogen and oxygen atoms in total. The van der Waals surface area contributed by atoms with Crippen LogP contribution in [0.25, 0.3) is 0 Å². The summed E-state index contributed by atoms with van der Waals surface area (Å²) < 4.78 is 0. The molecule has 1 fully saturated rings. The van der Waals surface area contributed by atoms with Crippen molar-refractivity contribution in [1.29, 1.82) is 0 Å². The highest BCUT2D eigenvalue weighted by Crippen LogP contribution is 2.09. The van der Waals surface area contributed by atoms with E-state index in [1.54, 1.807) is 4.90 Å². The van der Waals surface area contributed by atoms with Gasteiger partial charge in [0.25, 0.3) is 0 Å². The Morgan fingerprint density at radius 2 is 1.94 bits per heavy atom. The number of nitrogens with one attached hydrogen (secondary N) is 1. The number of hydrogen-bond donors (Lipinski definition) is 2. The summed E-state index contributed by atoms with van der Waals surface area (Å²) in [4.78, 5) is 23.9. The molecular weight excluding hydrogens is 208 g/mol. The Morgan fingerprint density at radius 3 is 2.50 bits per heavy atom. The van der Waals surface area contributed by atoms with Crippen LogP contribution >= 0.6 is 0 Å². The van der Waals surface area contributed by atoms with Gasteiger partial charge in [-0.15, -0.1) is 0 Å². The first-order valence-electron chi connectivity index (χ1n) is 5.87. The van der Waals surface area contributed by atoms with Gasteiger partial charge in [0.1, 0.15) is 0 Å². The number of aliphatic carboxylic acids is 1. The van der Waals surface area contributed by atoms with Crippen molar-refractivity contribution < 1.29 is 14.7 Å². The van der Waals surface area contributed by atoms with Crippen molar-refractivity contribution in [2.24, 2.45) is 0 Å². The molecule has 92 valence electrons. The molecule has 2 amide bonds. The maximum atomic E-state index is 11.7. The van der Waals surface area contributed by atoms with Crippen LogP contribution in [0.5, 0.6) is 0 Å². The second-order valence-electron chi connectivity index (χ2n) is 4.33. The Balaban J connectivity index is 2.23. The third kappa shape index (κ3) is 4.51. The van der Waals surface area contributed by atoms with E-state index >= 15 is 0 Å². The molecule has 1 unspecified atom stereocenters. The van der Waals surface area contributed by atoms with Crippen molar-refractivity contribution in [3.8, 4) is 0 Å². The van der Waals surface area contributed by atoms with Crippen LogP contribution in [0, 0.1) is 0 Å². The molecule has 0 saturated carbocycles. The Hall–Kier alpha value is -1.26. The fourth-order valence-corrected chi connectivity index (χ4v) is 1.81. The zero-order valence-electron chi connectivity index (χ0n) is 9.74. The molecule has 1 heterocycles. The Bertz CT molecular complexity index is 250. The summed E-state index contributed by atoms with van der Waals surface area (Å²) in [6, 6.07) is -0.136. The van der Waals surface area contributed by atoms with E-state index in [9.17, 15) is 9.59 Å². The first-order valence-corrected chi connectivity index (χ1v) is 5.87. The predicted molar refractivity (Wildman–Crippen MR) is 60.3 cm³/mol. The van der Waals surface area contributed by atoms with Crippen molar-refractivity contribution in [2.45, 2.75) is 45.1 Å². The number of likely N-dealkylation sites (tertiary alicyclic amines) is 1. The van der Waals surface area contributed by atoms with Crippen molar-refractivity contribution in [3.63, 3.8) is 0 Å². The molecule has 2 N–H and O–H groups in total. The maximum absolute atomic E-state index is 11.7. The number of carbonyl (C=O) groups is 2. The normalized spacial score (nSPS) is 17.9. The van der Waals surface area contributed by atoms with Gasteiger partial charge in [0.2, 0.25) is 0 Å². The average Bonchev–Trinajstić information content (AvgIpc) is 2.27. The molecule has 1 saturated heterocycles. The number of carboxylic acids is 1. The number of urea groups is 1. The zero-order chi connectivity index (χ0) is 12.0. The van der Waals surface area contributed by atoms with E-state index in [0.29, 0.717) is 6.42 Å². The number of rotatable bonds is 4. The SMILES string of the molecule is CC(CCC(=O)O)NC(=O)N1CCCCC1. The van der Waals surface area contributed by atoms with Gasteiger partial charge in [-0.1, -0.05) is 0 Å². The van der Waals surface area contributed by atoms with Gasteiger partial charge in [-0.2, -0.15) is 0 Å². The summed E-state index contributed by atoms with van der Waals surface area (Å²) in [6.45, 7) is 3.47. The molecular formula is C11H20N2O3. The van der Waals surface area contributed by atoms with Crippen LogP contribution in [0.4, 0.5) is 4.79 Å². The number of nitrogens with zero attached hydrogens (tertiary/aromatic N) is 1. The van der Waals surface area contributed by atoms with Crippen molar-refractivity contribution >= 4 is 12.0 Å². The largest absolute Gasteiger partial charge is 0.481 e. The molecule has 0 spiro atoms. The molecule has 16 heavy (non-hydrogen) atoms. The molecule has 1 rings (SSSR count). The summed E-state index contributed by atoms with van der Waals surface area (Å²) in [6.07, 6.45) is 3.91. The van der Waals surface area contributed by atoms with E-state index in [0.717, 1.165) is 25.9 Å². The lowest BCUT2D eigenvalue weighted by molar-refractivity contribution is -0.137. The highest BCUT2D eigenvalue weighted by atomic mass is 16.4. The van der Waals surface area contributed by atoms with Gasteiger partial charge < -0.3 is 15.3 Å². The van der Waals surface area contributed by atoms with Crippen LogP contribution < -0.4 is 5.32 Å². The second kappa shape index (κ2) is 6.35. The van der Waals surface area contributed by atoms with Gasteiger partial charge >= 0.3 is 12.0 Å². The lowest BCUT2D eigenvalue weighted by atomic mass is 10.1. The third-order valence-corrected chi connectivity index (χ3v) is 2.80. The van der Waals surface area contributed by atoms with Gasteiger partial charge in [0.05, 0.1) is 0 Å². The smallest absolute Gasteiger partial charge is 0.317 e. The van der Waals surface area contributed by atoms with E-state index in [2.05, 4.69) is 5.32 Å². The van der Waals surface area contributed by atoms with Gasteiger partial charge in [-0.05, 0) is 32.6 Å². The Kier molecular flexibility index (Phi) is 5.08. The second-order valence-corrected chi connectivity index (χ2v) is 4.33.